The summed E-state index contributed by atoms with van der Waals surface area (Å²) >= 11 is 0. The third-order valence-corrected chi connectivity index (χ3v) is 7.71. The standard InChI is InChI=1S/C27H21NO3/c29-26-24-20-11-12-21(23-14-22(20)23)25(24)27(30)28(26)17-6-9-18(10-7-17)31-19-8-5-15-3-1-2-4-16(15)13-19/h1-13,20-25H,14H2/t20-,21+,22-,23-,24+,25+/m1/s1. The highest BCUT2D eigenvalue weighted by atomic mass is 16.5. The van der Waals surface area contributed by atoms with Crippen LogP contribution in [0.3, 0.4) is 0 Å². The van der Waals surface area contributed by atoms with Crippen molar-refractivity contribution in [3.63, 3.8) is 0 Å². The number of carbonyl (C=O) groups is 2. The number of benzene rings is 3. The second-order valence-electron chi connectivity index (χ2n) is 9.27. The van der Waals surface area contributed by atoms with Crippen molar-refractivity contribution in [2.75, 3.05) is 4.90 Å². The minimum absolute atomic E-state index is 0.0251. The molecule has 4 heteroatoms. The summed E-state index contributed by atoms with van der Waals surface area (Å²) < 4.78 is 6.02. The van der Waals surface area contributed by atoms with Gasteiger partial charge < -0.3 is 4.74 Å². The number of amides is 2. The summed E-state index contributed by atoms with van der Waals surface area (Å²) in [5, 5.41) is 2.28. The third-order valence-electron chi connectivity index (χ3n) is 7.71. The number of hydrogen-bond acceptors (Lipinski definition) is 3. The van der Waals surface area contributed by atoms with E-state index in [0.29, 0.717) is 23.3 Å². The SMILES string of the molecule is O=C1[C@H]2[C@@H]3C=C[C@@H]([C@H]4C[C@H]34)[C@@H]2C(=O)N1c1ccc(Oc2ccc3ccccc3c2)cc1. The molecule has 152 valence electrons. The van der Waals surface area contributed by atoms with Crippen LogP contribution in [0.25, 0.3) is 10.8 Å². The molecule has 2 bridgehead atoms. The normalized spacial score (nSPS) is 32.3. The number of fused-ring (bicyclic) bond motifs is 1. The molecule has 8 rings (SSSR count). The average molecular weight is 407 g/mol. The van der Waals surface area contributed by atoms with Gasteiger partial charge in [-0.2, -0.15) is 0 Å². The highest BCUT2D eigenvalue weighted by Gasteiger charge is 2.67. The van der Waals surface area contributed by atoms with Gasteiger partial charge in [-0.1, -0.05) is 42.5 Å². The Labute approximate surface area is 180 Å². The van der Waals surface area contributed by atoms with Gasteiger partial charge in [0.1, 0.15) is 11.5 Å². The van der Waals surface area contributed by atoms with Gasteiger partial charge in [0.05, 0.1) is 17.5 Å². The predicted octanol–water partition coefficient (Wildman–Crippen LogP) is 5.19. The van der Waals surface area contributed by atoms with E-state index in [9.17, 15) is 9.59 Å². The number of hydrogen-bond donors (Lipinski definition) is 0. The molecule has 0 unspecified atom stereocenters. The molecule has 0 spiro atoms. The van der Waals surface area contributed by atoms with Gasteiger partial charge in [-0.25, -0.2) is 0 Å². The molecule has 3 fully saturated rings. The van der Waals surface area contributed by atoms with Crippen LogP contribution in [0, 0.1) is 35.5 Å². The summed E-state index contributed by atoms with van der Waals surface area (Å²) in [6.07, 6.45) is 5.58. The van der Waals surface area contributed by atoms with Crippen molar-refractivity contribution in [3.8, 4) is 11.5 Å². The number of nitrogens with zero attached hydrogens (tertiary/aromatic N) is 1. The monoisotopic (exact) mass is 407 g/mol. The third kappa shape index (κ3) is 2.42. The van der Waals surface area contributed by atoms with Crippen LogP contribution in [0.1, 0.15) is 6.42 Å². The zero-order chi connectivity index (χ0) is 20.7. The summed E-state index contributed by atoms with van der Waals surface area (Å²) in [6.45, 7) is 0. The molecular weight excluding hydrogens is 386 g/mol. The number of allylic oxidation sites excluding steroid dienone is 2. The molecule has 3 aromatic carbocycles. The second-order valence-corrected chi connectivity index (χ2v) is 9.27. The average Bonchev–Trinajstić information content (AvgIpc) is 3.58. The maximum absolute atomic E-state index is 13.2. The van der Waals surface area contributed by atoms with Crippen LogP contribution in [0.2, 0.25) is 0 Å². The molecule has 31 heavy (non-hydrogen) atoms. The van der Waals surface area contributed by atoms with Gasteiger partial charge in [0, 0.05) is 0 Å². The Balaban J connectivity index is 1.15. The maximum atomic E-state index is 13.2. The highest BCUT2D eigenvalue weighted by Crippen LogP contribution is 2.65. The Morgan fingerprint density at radius 2 is 1.32 bits per heavy atom. The van der Waals surface area contributed by atoms with E-state index in [1.807, 2.05) is 54.6 Å². The van der Waals surface area contributed by atoms with E-state index >= 15 is 0 Å². The Bertz CT molecular complexity index is 1240. The lowest BCUT2D eigenvalue weighted by molar-refractivity contribution is -0.124. The van der Waals surface area contributed by atoms with Gasteiger partial charge >= 0.3 is 0 Å². The molecule has 5 aliphatic rings. The Kier molecular flexibility index (Phi) is 3.39. The first-order chi connectivity index (χ1) is 15.2. The van der Waals surface area contributed by atoms with E-state index in [1.165, 1.54) is 16.7 Å². The van der Waals surface area contributed by atoms with Gasteiger partial charge in [-0.05, 0) is 77.3 Å². The van der Waals surface area contributed by atoms with Crippen molar-refractivity contribution < 1.29 is 14.3 Å². The second kappa shape index (κ2) is 6.07. The lowest BCUT2D eigenvalue weighted by Gasteiger charge is -2.37. The van der Waals surface area contributed by atoms with Crippen molar-refractivity contribution >= 4 is 28.3 Å². The molecule has 2 saturated carbocycles. The molecule has 3 aromatic rings. The minimum Gasteiger partial charge on any atom is -0.457 e. The first-order valence-corrected chi connectivity index (χ1v) is 11.0. The molecule has 1 aliphatic heterocycles. The lowest BCUT2D eigenvalue weighted by atomic mass is 9.63. The molecule has 1 saturated heterocycles. The summed E-state index contributed by atoms with van der Waals surface area (Å²) in [4.78, 5) is 27.9. The summed E-state index contributed by atoms with van der Waals surface area (Å²) in [6, 6.07) is 21.4. The van der Waals surface area contributed by atoms with Gasteiger partial charge in [0.15, 0.2) is 0 Å². The van der Waals surface area contributed by atoms with Gasteiger partial charge in [0.25, 0.3) is 0 Å². The summed E-state index contributed by atoms with van der Waals surface area (Å²) in [7, 11) is 0. The van der Waals surface area contributed by atoms with Crippen molar-refractivity contribution in [1.29, 1.82) is 0 Å². The molecule has 0 radical (unpaired) electrons. The summed E-state index contributed by atoms with van der Waals surface area (Å²) in [5.41, 5.74) is 0.642. The molecule has 4 nitrogen and oxygen atoms in total. The van der Waals surface area contributed by atoms with E-state index in [1.54, 1.807) is 0 Å². The van der Waals surface area contributed by atoms with Crippen molar-refractivity contribution in [2.45, 2.75) is 6.42 Å². The molecule has 4 aliphatic carbocycles. The number of ether oxygens (including phenoxy) is 1. The first kappa shape index (κ1) is 17.3. The molecule has 0 N–H and O–H groups in total. The molecule has 2 amide bonds. The first-order valence-electron chi connectivity index (χ1n) is 11.0. The van der Waals surface area contributed by atoms with Crippen LogP contribution in [0.15, 0.2) is 78.9 Å². The van der Waals surface area contributed by atoms with Gasteiger partial charge in [-0.15, -0.1) is 0 Å². The number of carbonyl (C=O) groups excluding carboxylic acids is 2. The number of anilines is 1. The molecule has 6 atom stereocenters. The smallest absolute Gasteiger partial charge is 0.238 e. The zero-order valence-corrected chi connectivity index (χ0v) is 16.8. The van der Waals surface area contributed by atoms with Crippen LogP contribution < -0.4 is 9.64 Å². The van der Waals surface area contributed by atoms with E-state index < -0.39 is 0 Å². The quantitative estimate of drug-likeness (QED) is 0.443. The van der Waals surface area contributed by atoms with E-state index in [-0.39, 0.29) is 35.5 Å². The maximum Gasteiger partial charge on any atom is 0.238 e. The topological polar surface area (TPSA) is 46.6 Å². The Morgan fingerprint density at radius 3 is 2.00 bits per heavy atom. The van der Waals surface area contributed by atoms with Crippen LogP contribution in [-0.4, -0.2) is 11.8 Å². The van der Waals surface area contributed by atoms with Gasteiger partial charge in [-0.3, -0.25) is 14.5 Å². The van der Waals surface area contributed by atoms with E-state index in [0.717, 1.165) is 11.1 Å². The lowest BCUT2D eigenvalue weighted by Crippen LogP contribution is -2.40. The van der Waals surface area contributed by atoms with E-state index in [4.69, 9.17) is 4.74 Å². The van der Waals surface area contributed by atoms with Gasteiger partial charge in [0.2, 0.25) is 11.8 Å². The fourth-order valence-corrected chi connectivity index (χ4v) is 6.24. The highest BCUT2D eigenvalue weighted by molar-refractivity contribution is 6.22. The van der Waals surface area contributed by atoms with Crippen molar-refractivity contribution in [2.24, 2.45) is 35.5 Å². The minimum atomic E-state index is -0.167. The number of rotatable bonds is 3. The molecular formula is C27H21NO3. The Morgan fingerprint density at radius 1 is 0.710 bits per heavy atom. The van der Waals surface area contributed by atoms with Crippen molar-refractivity contribution in [3.05, 3.63) is 78.9 Å². The number of imide groups is 1. The predicted molar refractivity (Wildman–Crippen MR) is 118 cm³/mol. The molecule has 1 heterocycles. The Hall–Kier alpha value is -3.40. The fourth-order valence-electron chi connectivity index (χ4n) is 6.24. The summed E-state index contributed by atoms with van der Waals surface area (Å²) in [5.74, 6) is 2.78. The van der Waals surface area contributed by atoms with Crippen LogP contribution >= 0.6 is 0 Å². The van der Waals surface area contributed by atoms with Crippen LogP contribution in [-0.2, 0) is 9.59 Å². The zero-order valence-electron chi connectivity index (χ0n) is 16.8. The fraction of sp³-hybridized carbons (Fsp3) is 0.259. The van der Waals surface area contributed by atoms with Crippen LogP contribution in [0.5, 0.6) is 11.5 Å². The van der Waals surface area contributed by atoms with Crippen molar-refractivity contribution in [1.82, 2.24) is 0 Å². The largest absolute Gasteiger partial charge is 0.457 e. The van der Waals surface area contributed by atoms with E-state index in [2.05, 4.69) is 24.3 Å². The molecule has 0 aromatic heterocycles. The van der Waals surface area contributed by atoms with Crippen LogP contribution in [0.4, 0.5) is 5.69 Å².